The summed E-state index contributed by atoms with van der Waals surface area (Å²) in [7, 11) is -10.9. The molecule has 8 N–H and O–H groups in total. The SMILES string of the molecule is CC1O[C@H](CP(=O)([O-])OP(=O)([O-])OC[C@H]2O[C@@H](n3cnc4c(=O)[nH]c(N)nc43)C(O)C2O)C(O)C(O)[C@@H]1O. The van der Waals surface area contributed by atoms with Gasteiger partial charge in [-0.2, -0.15) is 4.98 Å². The Kier molecular flexibility index (Phi) is 8.15. The van der Waals surface area contributed by atoms with Crippen LogP contribution in [-0.4, -0.2) is 107 Å². The minimum atomic E-state index is -5.62. The fourth-order valence-electron chi connectivity index (χ4n) is 4.11. The van der Waals surface area contributed by atoms with Gasteiger partial charge in [0.05, 0.1) is 25.1 Å². The number of aromatic nitrogens is 4. The molecule has 38 heavy (non-hydrogen) atoms. The topological polar surface area (TPSA) is 308 Å². The fourth-order valence-corrected chi connectivity index (χ4v) is 6.85. The highest BCUT2D eigenvalue weighted by Crippen LogP contribution is 2.56. The zero-order valence-corrected chi connectivity index (χ0v) is 21.2. The maximum atomic E-state index is 12.3. The Morgan fingerprint density at radius 3 is 2.42 bits per heavy atom. The molecular formula is C17H25N5O14P2-2. The smallest absolute Gasteiger partial charge is 0.280 e. The highest BCUT2D eigenvalue weighted by atomic mass is 31.3. The standard InChI is InChI=1S/C17H27N5O14P2/c1-5-9(23)12(26)11(25)7(34-5)3-37(29,30)36-38(31,32)33-2-6-10(24)13(27)16(35-6)22-4-19-8-14(22)20-17(18)21-15(8)28/h4-7,9-13,16,23-27H,2-3H2,1H3,(H,29,30)(H,31,32)(H3,18,20,21,28)/p-2/t5?,6-,7-,9-,10?,11?,12?,13?,16-/m1/s1. The molecule has 0 bridgehead atoms. The zero-order valence-electron chi connectivity index (χ0n) is 19.4. The molecule has 0 spiro atoms. The van der Waals surface area contributed by atoms with Crippen molar-refractivity contribution in [2.45, 2.75) is 62.0 Å². The number of rotatable bonds is 8. The van der Waals surface area contributed by atoms with Gasteiger partial charge in [-0.05, 0) is 6.92 Å². The van der Waals surface area contributed by atoms with E-state index in [1.54, 1.807) is 0 Å². The molecule has 2 aliphatic heterocycles. The number of hydrogen-bond donors (Lipinski definition) is 7. The first-order valence-electron chi connectivity index (χ1n) is 11.0. The number of hydrogen-bond acceptors (Lipinski definition) is 17. The molecule has 2 aromatic rings. The van der Waals surface area contributed by atoms with E-state index in [1.807, 2.05) is 0 Å². The molecule has 19 nitrogen and oxygen atoms in total. The largest absolute Gasteiger partial charge is 0.778 e. The number of H-pyrrole nitrogens is 1. The van der Waals surface area contributed by atoms with E-state index in [4.69, 9.17) is 15.2 Å². The van der Waals surface area contributed by atoms with E-state index < -0.39 is 88.8 Å². The van der Waals surface area contributed by atoms with E-state index in [0.29, 0.717) is 0 Å². The lowest BCUT2D eigenvalue weighted by Gasteiger charge is -2.42. The molecular weight excluding hydrogens is 560 g/mol. The van der Waals surface area contributed by atoms with Gasteiger partial charge in [0.25, 0.3) is 13.4 Å². The first-order valence-corrected chi connectivity index (χ1v) is 14.2. The molecule has 2 fully saturated rings. The van der Waals surface area contributed by atoms with Crippen LogP contribution in [0.4, 0.5) is 5.95 Å². The number of imidazole rings is 1. The molecule has 4 rings (SSSR count). The van der Waals surface area contributed by atoms with Crippen molar-refractivity contribution in [2.75, 3.05) is 18.5 Å². The summed E-state index contributed by atoms with van der Waals surface area (Å²) < 4.78 is 44.8. The summed E-state index contributed by atoms with van der Waals surface area (Å²) in [5.41, 5.74) is 4.58. The van der Waals surface area contributed by atoms with Gasteiger partial charge in [0.2, 0.25) is 5.95 Å². The monoisotopic (exact) mass is 585 g/mol. The summed E-state index contributed by atoms with van der Waals surface area (Å²) in [4.78, 5) is 46.4. The molecule has 11 atom stereocenters. The van der Waals surface area contributed by atoms with Gasteiger partial charge in [-0.15, -0.1) is 0 Å². The van der Waals surface area contributed by atoms with E-state index in [-0.39, 0.29) is 17.1 Å². The maximum absolute atomic E-state index is 12.3. The van der Waals surface area contributed by atoms with Gasteiger partial charge >= 0.3 is 0 Å². The number of phosphoric acid groups is 1. The predicted molar refractivity (Wildman–Crippen MR) is 118 cm³/mol. The van der Waals surface area contributed by atoms with Crippen LogP contribution in [0.2, 0.25) is 0 Å². The second kappa shape index (κ2) is 10.6. The van der Waals surface area contributed by atoms with Crippen molar-refractivity contribution >= 4 is 32.5 Å². The fraction of sp³-hybridized carbons (Fsp3) is 0.706. The van der Waals surface area contributed by atoms with Crippen LogP contribution in [0.3, 0.4) is 0 Å². The van der Waals surface area contributed by atoms with Crippen molar-refractivity contribution in [2.24, 2.45) is 0 Å². The van der Waals surface area contributed by atoms with Crippen molar-refractivity contribution in [3.05, 3.63) is 16.7 Å². The summed E-state index contributed by atoms with van der Waals surface area (Å²) >= 11 is 0. The molecule has 2 saturated heterocycles. The van der Waals surface area contributed by atoms with Crippen molar-refractivity contribution in [1.29, 1.82) is 0 Å². The van der Waals surface area contributed by atoms with Crippen molar-refractivity contribution in [3.8, 4) is 0 Å². The molecule has 0 aromatic carbocycles. The Bertz CT molecular complexity index is 1320. The van der Waals surface area contributed by atoms with Crippen LogP contribution in [0, 0.1) is 0 Å². The third-order valence-electron chi connectivity index (χ3n) is 6.04. The maximum Gasteiger partial charge on any atom is 0.280 e. The Morgan fingerprint density at radius 2 is 1.74 bits per heavy atom. The lowest BCUT2D eigenvalue weighted by Crippen LogP contribution is -2.57. The number of nitrogens with one attached hydrogen (secondary N) is 1. The van der Waals surface area contributed by atoms with Crippen LogP contribution in [0.15, 0.2) is 11.1 Å². The quantitative estimate of drug-likeness (QED) is 0.143. The molecule has 214 valence electrons. The van der Waals surface area contributed by atoms with Crippen LogP contribution in [0.5, 0.6) is 0 Å². The van der Waals surface area contributed by atoms with Crippen LogP contribution in [0.1, 0.15) is 13.2 Å². The van der Waals surface area contributed by atoms with Crippen LogP contribution in [-0.2, 0) is 27.4 Å². The molecule has 4 heterocycles. The molecule has 21 heteroatoms. The minimum Gasteiger partial charge on any atom is -0.778 e. The Hall–Kier alpha value is -1.83. The molecule has 2 aromatic heterocycles. The van der Waals surface area contributed by atoms with Crippen molar-refractivity contribution in [3.63, 3.8) is 0 Å². The molecule has 0 aliphatic carbocycles. The third kappa shape index (κ3) is 5.85. The van der Waals surface area contributed by atoms with Crippen LogP contribution in [0.25, 0.3) is 11.2 Å². The molecule has 7 unspecified atom stereocenters. The van der Waals surface area contributed by atoms with Gasteiger partial charge in [-0.1, -0.05) is 0 Å². The average molecular weight is 585 g/mol. The second-order valence-electron chi connectivity index (χ2n) is 8.79. The Morgan fingerprint density at radius 1 is 1.08 bits per heavy atom. The predicted octanol–water partition coefficient (Wildman–Crippen LogP) is -4.75. The normalized spacial score (nSPS) is 37.2. The number of phosphoric ester groups is 1. The minimum absolute atomic E-state index is 0.103. The third-order valence-corrected chi connectivity index (χ3v) is 9.11. The number of nitrogen functional groups attached to an aromatic ring is 1. The number of nitrogens with zero attached hydrogens (tertiary/aromatic N) is 3. The number of aromatic amines is 1. The molecule has 2 aliphatic rings. The summed E-state index contributed by atoms with van der Waals surface area (Å²) in [5, 5.41) is 50.2. The Labute approximate surface area is 212 Å². The zero-order chi connectivity index (χ0) is 28.2. The molecule has 0 amide bonds. The first kappa shape index (κ1) is 29.2. The van der Waals surface area contributed by atoms with Gasteiger partial charge in [0.15, 0.2) is 17.4 Å². The van der Waals surface area contributed by atoms with Crippen molar-refractivity contribution < 1.29 is 62.8 Å². The first-order chi connectivity index (χ1) is 17.6. The highest BCUT2D eigenvalue weighted by Gasteiger charge is 2.46. The number of anilines is 1. The van der Waals surface area contributed by atoms with Crippen LogP contribution < -0.4 is 21.1 Å². The van der Waals surface area contributed by atoms with E-state index in [1.165, 1.54) is 6.92 Å². The van der Waals surface area contributed by atoms with Crippen molar-refractivity contribution in [1.82, 2.24) is 19.5 Å². The highest BCUT2D eigenvalue weighted by molar-refractivity contribution is 7.62. The number of aliphatic hydroxyl groups excluding tert-OH is 5. The van der Waals surface area contributed by atoms with Gasteiger partial charge in [0.1, 0.15) is 44.2 Å². The lowest BCUT2D eigenvalue weighted by molar-refractivity contribution is -0.238. The molecule has 0 radical (unpaired) electrons. The molecule has 0 saturated carbocycles. The van der Waals surface area contributed by atoms with E-state index in [9.17, 15) is 49.2 Å². The number of aliphatic hydroxyl groups is 5. The Balaban J connectivity index is 1.39. The van der Waals surface area contributed by atoms with Gasteiger partial charge in [-0.25, -0.2) is 4.98 Å². The summed E-state index contributed by atoms with van der Waals surface area (Å²) in [6.45, 7) is 0.304. The number of nitrogens with two attached hydrogens (primary N) is 1. The van der Waals surface area contributed by atoms with E-state index in [0.717, 1.165) is 10.9 Å². The van der Waals surface area contributed by atoms with Gasteiger partial charge in [0, 0.05) is 6.16 Å². The number of ether oxygens (including phenoxy) is 2. The van der Waals surface area contributed by atoms with Gasteiger partial charge < -0.3 is 59.6 Å². The van der Waals surface area contributed by atoms with Gasteiger partial charge in [-0.3, -0.25) is 23.2 Å². The second-order valence-corrected chi connectivity index (χ2v) is 12.2. The van der Waals surface area contributed by atoms with E-state index >= 15 is 0 Å². The summed E-state index contributed by atoms with van der Waals surface area (Å²) in [5.74, 6) is -0.269. The lowest BCUT2D eigenvalue weighted by atomic mass is 9.96. The average Bonchev–Trinajstić information content (AvgIpc) is 3.35. The summed E-state index contributed by atoms with van der Waals surface area (Å²) in [6.07, 6.45) is -14.3. The van der Waals surface area contributed by atoms with E-state index in [2.05, 4.69) is 23.8 Å². The van der Waals surface area contributed by atoms with Crippen LogP contribution >= 0.6 is 15.4 Å². The summed E-state index contributed by atoms with van der Waals surface area (Å²) in [6, 6.07) is 0. The number of fused-ring (bicyclic) bond motifs is 1.